The van der Waals surface area contributed by atoms with E-state index in [0.717, 1.165) is 31.3 Å². The van der Waals surface area contributed by atoms with Crippen molar-refractivity contribution in [1.29, 1.82) is 0 Å². The zero-order valence-electron chi connectivity index (χ0n) is 13.2. The van der Waals surface area contributed by atoms with Gasteiger partial charge in [0.05, 0.1) is 6.61 Å². The van der Waals surface area contributed by atoms with Gasteiger partial charge in [-0.05, 0) is 55.8 Å². The Morgan fingerprint density at radius 1 is 1.43 bits per heavy atom. The quantitative estimate of drug-likeness (QED) is 0.768. The second-order valence-corrected chi connectivity index (χ2v) is 6.77. The molecule has 1 aromatic carbocycles. The van der Waals surface area contributed by atoms with Crippen LogP contribution in [0.2, 0.25) is 0 Å². The minimum atomic E-state index is -2.67. The van der Waals surface area contributed by atoms with Crippen LogP contribution in [0.5, 0.6) is 0 Å². The molecule has 23 heavy (non-hydrogen) atoms. The van der Waals surface area contributed by atoms with Crippen LogP contribution in [0.3, 0.4) is 0 Å². The third-order valence-electron chi connectivity index (χ3n) is 4.55. The fourth-order valence-electron chi connectivity index (χ4n) is 3.39. The fraction of sp³-hybridized carbons (Fsp3) is 0.529. The van der Waals surface area contributed by atoms with Gasteiger partial charge in [-0.25, -0.2) is 0 Å². The molecule has 0 saturated carbocycles. The monoisotopic (exact) mass is 340 g/mol. The molecule has 0 bridgehead atoms. The van der Waals surface area contributed by atoms with Gasteiger partial charge < -0.3 is 9.72 Å². The third kappa shape index (κ3) is 4.05. The Kier molecular flexibility index (Phi) is 5.56. The molecule has 2 heterocycles. The molecule has 1 N–H and O–H groups in total. The van der Waals surface area contributed by atoms with Gasteiger partial charge in [0.1, 0.15) is 0 Å². The van der Waals surface area contributed by atoms with Gasteiger partial charge in [0, 0.05) is 34.6 Å². The number of thioether (sulfide) groups is 1. The van der Waals surface area contributed by atoms with Crippen molar-refractivity contribution in [3.05, 3.63) is 30.0 Å². The molecule has 0 radical (unpaired) electrons. The number of nitrogens with zero attached hydrogens (tertiary/aromatic N) is 1. The topological polar surface area (TPSA) is 28.3 Å². The minimum Gasteiger partial charge on any atom is -0.361 e. The van der Waals surface area contributed by atoms with Crippen LogP contribution in [0.4, 0.5) is 8.78 Å². The molecular weight excluding hydrogens is 318 g/mol. The molecule has 0 aliphatic carbocycles. The van der Waals surface area contributed by atoms with E-state index in [0.29, 0.717) is 12.6 Å². The van der Waals surface area contributed by atoms with Crippen LogP contribution >= 0.6 is 11.8 Å². The average Bonchev–Trinajstić information content (AvgIpc) is 3.14. The first-order valence-electron chi connectivity index (χ1n) is 7.95. The Labute approximate surface area is 139 Å². The Bertz CT molecular complexity index is 647. The first kappa shape index (κ1) is 16.7. The van der Waals surface area contributed by atoms with E-state index in [1.165, 1.54) is 15.8 Å². The molecule has 1 aliphatic heterocycles. The highest BCUT2D eigenvalue weighted by Gasteiger charge is 2.25. The average molecular weight is 340 g/mol. The molecular formula is C17H22F2N2OS. The molecule has 126 valence electrons. The van der Waals surface area contributed by atoms with Gasteiger partial charge in [0.15, 0.2) is 0 Å². The van der Waals surface area contributed by atoms with Gasteiger partial charge >= 0.3 is 6.61 Å². The smallest absolute Gasteiger partial charge is 0.345 e. The van der Waals surface area contributed by atoms with Crippen molar-refractivity contribution in [3.8, 4) is 0 Å². The van der Waals surface area contributed by atoms with Crippen molar-refractivity contribution in [1.82, 2.24) is 9.88 Å². The lowest BCUT2D eigenvalue weighted by molar-refractivity contribution is -0.132. The number of aromatic nitrogens is 1. The minimum absolute atomic E-state index is 0.0959. The van der Waals surface area contributed by atoms with Crippen LogP contribution in [-0.2, 0) is 11.2 Å². The van der Waals surface area contributed by atoms with Crippen molar-refractivity contribution in [2.45, 2.75) is 36.8 Å². The molecule has 6 heteroatoms. The maximum Gasteiger partial charge on any atom is 0.345 e. The summed E-state index contributed by atoms with van der Waals surface area (Å²) in [5.41, 5.74) is 2.46. The number of aromatic amines is 1. The Morgan fingerprint density at radius 2 is 2.30 bits per heavy atom. The normalized spacial score (nSPS) is 19.2. The zero-order chi connectivity index (χ0) is 16.2. The van der Waals surface area contributed by atoms with Gasteiger partial charge in [0.25, 0.3) is 0 Å². The predicted octanol–water partition coefficient (Wildman–Crippen LogP) is 4.14. The molecule has 1 saturated heterocycles. The van der Waals surface area contributed by atoms with Gasteiger partial charge in [-0.3, -0.25) is 4.90 Å². The lowest BCUT2D eigenvalue weighted by atomic mass is 10.0. The summed E-state index contributed by atoms with van der Waals surface area (Å²) in [6, 6.07) is 6.88. The van der Waals surface area contributed by atoms with Gasteiger partial charge in [-0.15, -0.1) is 11.8 Å². The number of fused-ring (bicyclic) bond motifs is 1. The summed E-state index contributed by atoms with van der Waals surface area (Å²) in [4.78, 5) is 6.87. The number of H-pyrrole nitrogens is 1. The van der Waals surface area contributed by atoms with Crippen molar-refractivity contribution in [2.75, 3.05) is 26.0 Å². The van der Waals surface area contributed by atoms with Crippen molar-refractivity contribution >= 4 is 22.7 Å². The molecule has 1 aromatic heterocycles. The predicted molar refractivity (Wildman–Crippen MR) is 90.3 cm³/mol. The highest BCUT2D eigenvalue weighted by molar-refractivity contribution is 7.98. The van der Waals surface area contributed by atoms with E-state index in [9.17, 15) is 8.78 Å². The number of alkyl halides is 2. The number of nitrogens with one attached hydrogen (secondary N) is 1. The summed E-state index contributed by atoms with van der Waals surface area (Å²) < 4.78 is 28.6. The van der Waals surface area contributed by atoms with E-state index in [-0.39, 0.29) is 6.61 Å². The van der Waals surface area contributed by atoms with Gasteiger partial charge in [-0.1, -0.05) is 0 Å². The SMILES string of the molecule is CSc1ccc2[nH]cc(C[C@H]3CCCN3CCOC(F)F)c2c1. The van der Waals surface area contributed by atoms with Crippen LogP contribution in [0.25, 0.3) is 10.9 Å². The molecule has 1 atom stereocenters. The summed E-state index contributed by atoms with van der Waals surface area (Å²) in [5.74, 6) is 0. The van der Waals surface area contributed by atoms with Crippen molar-refractivity contribution in [2.24, 2.45) is 0 Å². The lowest BCUT2D eigenvalue weighted by Crippen LogP contribution is -2.34. The van der Waals surface area contributed by atoms with Crippen LogP contribution in [-0.4, -0.2) is 48.5 Å². The molecule has 1 fully saturated rings. The molecule has 3 nitrogen and oxygen atoms in total. The molecule has 1 aliphatic rings. The van der Waals surface area contributed by atoms with E-state index < -0.39 is 6.61 Å². The highest BCUT2D eigenvalue weighted by Crippen LogP contribution is 2.28. The Morgan fingerprint density at radius 3 is 3.09 bits per heavy atom. The van der Waals surface area contributed by atoms with E-state index >= 15 is 0 Å². The number of likely N-dealkylation sites (tertiary alicyclic amines) is 1. The molecule has 0 spiro atoms. The largest absolute Gasteiger partial charge is 0.361 e. The van der Waals surface area contributed by atoms with Crippen molar-refractivity contribution < 1.29 is 13.5 Å². The number of ether oxygens (including phenoxy) is 1. The molecule has 0 unspecified atom stereocenters. The van der Waals surface area contributed by atoms with Crippen molar-refractivity contribution in [3.63, 3.8) is 0 Å². The van der Waals surface area contributed by atoms with E-state index in [1.54, 1.807) is 11.8 Å². The lowest BCUT2D eigenvalue weighted by Gasteiger charge is -2.24. The highest BCUT2D eigenvalue weighted by atomic mass is 32.2. The summed E-state index contributed by atoms with van der Waals surface area (Å²) in [5, 5.41) is 1.27. The second-order valence-electron chi connectivity index (χ2n) is 5.89. The van der Waals surface area contributed by atoms with E-state index in [4.69, 9.17) is 0 Å². The first-order valence-corrected chi connectivity index (χ1v) is 9.17. The van der Waals surface area contributed by atoms with Crippen LogP contribution in [0, 0.1) is 0 Å². The van der Waals surface area contributed by atoms with Gasteiger partial charge in [-0.2, -0.15) is 8.78 Å². The maximum absolute atomic E-state index is 12.1. The summed E-state index contributed by atoms with van der Waals surface area (Å²) in [6.07, 6.45) is 7.35. The molecule has 2 aromatic rings. The second kappa shape index (κ2) is 7.64. The molecule has 3 rings (SSSR count). The van der Waals surface area contributed by atoms with Crippen LogP contribution in [0.15, 0.2) is 29.3 Å². The van der Waals surface area contributed by atoms with Gasteiger partial charge in [0.2, 0.25) is 0 Å². The Balaban J connectivity index is 1.68. The number of benzene rings is 1. The summed E-state index contributed by atoms with van der Waals surface area (Å²) >= 11 is 1.74. The maximum atomic E-state index is 12.1. The molecule has 0 amide bonds. The summed E-state index contributed by atoms with van der Waals surface area (Å²) in [7, 11) is 0. The third-order valence-corrected chi connectivity index (χ3v) is 5.28. The number of hydrogen-bond acceptors (Lipinski definition) is 3. The van der Waals surface area contributed by atoms with Crippen LogP contribution < -0.4 is 0 Å². The number of rotatable bonds is 7. The number of halogens is 2. The first-order chi connectivity index (χ1) is 11.2. The standard InChI is InChI=1S/C17H22F2N2OS/c1-23-14-4-5-16-15(10-14)12(11-20-16)9-13-3-2-6-21(13)7-8-22-17(18)19/h4-5,10-11,13,17,20H,2-3,6-9H2,1H3/t13-/m1/s1. The van der Waals surface area contributed by atoms with Crippen LogP contribution in [0.1, 0.15) is 18.4 Å². The Hall–Kier alpha value is -1.11. The number of hydrogen-bond donors (Lipinski definition) is 1. The van der Waals surface area contributed by atoms with E-state index in [2.05, 4.69) is 45.3 Å². The van der Waals surface area contributed by atoms with E-state index in [1.807, 2.05) is 0 Å². The summed E-state index contributed by atoms with van der Waals surface area (Å²) in [6.45, 7) is -1.03. The fourth-order valence-corrected chi connectivity index (χ4v) is 3.83. The zero-order valence-corrected chi connectivity index (χ0v) is 14.0.